The molecule has 0 radical (unpaired) electrons. The van der Waals surface area contributed by atoms with Crippen LogP contribution in [0.15, 0.2) is 18.6 Å². The van der Waals surface area contributed by atoms with Gasteiger partial charge in [-0.15, -0.1) is 0 Å². The zero-order chi connectivity index (χ0) is 14.4. The Kier molecular flexibility index (Phi) is 2.67. The van der Waals surface area contributed by atoms with Crippen LogP contribution in [0.4, 0.5) is 0 Å². The number of amides is 1. The SMILES string of the molecule is Cc1ccn(CC(=O)N2CCc3[nH]cnc3C23CCC3)n1. The Morgan fingerprint density at radius 3 is 3.00 bits per heavy atom. The van der Waals surface area contributed by atoms with Gasteiger partial charge in [0.05, 0.1) is 23.3 Å². The number of hydrogen-bond acceptors (Lipinski definition) is 3. The van der Waals surface area contributed by atoms with Crippen LogP contribution in [0.2, 0.25) is 0 Å². The molecule has 6 heteroatoms. The number of nitrogens with zero attached hydrogens (tertiary/aromatic N) is 4. The molecule has 0 aromatic carbocycles. The second-order valence-electron chi connectivity index (χ2n) is 6.06. The zero-order valence-corrected chi connectivity index (χ0v) is 12.2. The molecule has 2 aliphatic rings. The molecule has 1 aliphatic carbocycles. The van der Waals surface area contributed by atoms with Gasteiger partial charge in [0.15, 0.2) is 0 Å². The molecule has 1 saturated carbocycles. The van der Waals surface area contributed by atoms with Crippen molar-refractivity contribution in [3.8, 4) is 0 Å². The first-order valence-electron chi connectivity index (χ1n) is 7.52. The monoisotopic (exact) mass is 285 g/mol. The van der Waals surface area contributed by atoms with Gasteiger partial charge in [-0.1, -0.05) is 0 Å². The summed E-state index contributed by atoms with van der Waals surface area (Å²) in [5, 5.41) is 4.32. The van der Waals surface area contributed by atoms with Crippen LogP contribution in [0, 0.1) is 6.92 Å². The molecular formula is C15H19N5O. The van der Waals surface area contributed by atoms with Crippen molar-refractivity contribution in [3.63, 3.8) is 0 Å². The van der Waals surface area contributed by atoms with Crippen molar-refractivity contribution in [3.05, 3.63) is 35.7 Å². The van der Waals surface area contributed by atoms with Crippen LogP contribution in [0.3, 0.4) is 0 Å². The molecule has 4 rings (SSSR count). The number of aryl methyl sites for hydroxylation is 1. The van der Waals surface area contributed by atoms with Gasteiger partial charge in [0.25, 0.3) is 0 Å². The van der Waals surface area contributed by atoms with Crippen molar-refractivity contribution < 1.29 is 4.79 Å². The molecule has 1 amide bonds. The van der Waals surface area contributed by atoms with Gasteiger partial charge >= 0.3 is 0 Å². The highest BCUT2D eigenvalue weighted by Gasteiger charge is 2.50. The van der Waals surface area contributed by atoms with Crippen molar-refractivity contribution in [2.75, 3.05) is 6.54 Å². The number of carbonyl (C=O) groups excluding carboxylic acids is 1. The van der Waals surface area contributed by atoms with E-state index in [9.17, 15) is 4.79 Å². The average Bonchev–Trinajstić information content (AvgIpc) is 3.04. The summed E-state index contributed by atoms with van der Waals surface area (Å²) in [6, 6.07) is 1.93. The van der Waals surface area contributed by atoms with E-state index in [2.05, 4.69) is 15.1 Å². The van der Waals surface area contributed by atoms with E-state index in [1.807, 2.05) is 24.1 Å². The van der Waals surface area contributed by atoms with Crippen molar-refractivity contribution in [2.24, 2.45) is 0 Å². The first-order chi connectivity index (χ1) is 10.2. The molecular weight excluding hydrogens is 266 g/mol. The van der Waals surface area contributed by atoms with Gasteiger partial charge in [0, 0.05) is 24.9 Å². The maximum Gasteiger partial charge on any atom is 0.245 e. The van der Waals surface area contributed by atoms with Gasteiger partial charge in [-0.2, -0.15) is 5.10 Å². The number of H-pyrrole nitrogens is 1. The molecule has 0 saturated heterocycles. The summed E-state index contributed by atoms with van der Waals surface area (Å²) < 4.78 is 1.73. The lowest BCUT2D eigenvalue weighted by molar-refractivity contribution is -0.144. The lowest BCUT2D eigenvalue weighted by Crippen LogP contribution is -2.58. The molecule has 1 N–H and O–H groups in total. The molecule has 1 spiro atoms. The van der Waals surface area contributed by atoms with Gasteiger partial charge < -0.3 is 9.88 Å². The van der Waals surface area contributed by atoms with Crippen LogP contribution >= 0.6 is 0 Å². The smallest absolute Gasteiger partial charge is 0.245 e. The molecule has 110 valence electrons. The maximum atomic E-state index is 12.7. The Bertz CT molecular complexity index is 682. The molecule has 0 atom stereocenters. The van der Waals surface area contributed by atoms with E-state index < -0.39 is 0 Å². The van der Waals surface area contributed by atoms with Crippen molar-refractivity contribution in [1.29, 1.82) is 0 Å². The van der Waals surface area contributed by atoms with Gasteiger partial charge in [0.1, 0.15) is 6.54 Å². The minimum atomic E-state index is -0.160. The second kappa shape index (κ2) is 4.44. The van der Waals surface area contributed by atoms with Crippen molar-refractivity contribution >= 4 is 5.91 Å². The highest BCUT2D eigenvalue weighted by Crippen LogP contribution is 2.48. The zero-order valence-electron chi connectivity index (χ0n) is 12.2. The molecule has 6 nitrogen and oxygen atoms in total. The first kappa shape index (κ1) is 12.6. The number of aromatic nitrogens is 4. The number of hydrogen-bond donors (Lipinski definition) is 1. The van der Waals surface area contributed by atoms with Crippen LogP contribution < -0.4 is 0 Å². The number of rotatable bonds is 2. The van der Waals surface area contributed by atoms with Crippen LogP contribution in [0.25, 0.3) is 0 Å². The fourth-order valence-electron chi connectivity index (χ4n) is 3.64. The lowest BCUT2D eigenvalue weighted by Gasteiger charge is -2.52. The van der Waals surface area contributed by atoms with Crippen molar-refractivity contribution in [2.45, 2.75) is 44.7 Å². The molecule has 1 fully saturated rings. The Labute approximate surface area is 123 Å². The van der Waals surface area contributed by atoms with Gasteiger partial charge in [-0.3, -0.25) is 9.48 Å². The molecule has 2 aromatic rings. The van der Waals surface area contributed by atoms with E-state index in [-0.39, 0.29) is 11.4 Å². The normalized spacial score (nSPS) is 19.4. The minimum Gasteiger partial charge on any atom is -0.348 e. The molecule has 0 unspecified atom stereocenters. The van der Waals surface area contributed by atoms with Gasteiger partial charge in [-0.25, -0.2) is 4.98 Å². The number of carbonyl (C=O) groups is 1. The fourth-order valence-corrected chi connectivity index (χ4v) is 3.64. The number of aromatic amines is 1. The highest BCUT2D eigenvalue weighted by atomic mass is 16.2. The van der Waals surface area contributed by atoms with Crippen LogP contribution in [0.1, 0.15) is 36.3 Å². The van der Waals surface area contributed by atoms with Crippen molar-refractivity contribution in [1.82, 2.24) is 24.6 Å². The topological polar surface area (TPSA) is 66.8 Å². The van der Waals surface area contributed by atoms with Gasteiger partial charge in [0.2, 0.25) is 5.91 Å². The summed E-state index contributed by atoms with van der Waals surface area (Å²) in [5.74, 6) is 0.145. The van der Waals surface area contributed by atoms with E-state index in [4.69, 9.17) is 0 Å². The summed E-state index contributed by atoms with van der Waals surface area (Å²) >= 11 is 0. The predicted octanol–water partition coefficient (Wildman–Crippen LogP) is 1.38. The van der Waals surface area contributed by atoms with E-state index in [0.29, 0.717) is 6.54 Å². The molecule has 3 heterocycles. The molecule has 2 aromatic heterocycles. The van der Waals surface area contributed by atoms with Gasteiger partial charge in [-0.05, 0) is 32.3 Å². The lowest BCUT2D eigenvalue weighted by atomic mass is 9.70. The predicted molar refractivity (Wildman–Crippen MR) is 76.5 cm³/mol. The minimum absolute atomic E-state index is 0.145. The summed E-state index contributed by atoms with van der Waals surface area (Å²) in [6.45, 7) is 3.02. The summed E-state index contributed by atoms with van der Waals surface area (Å²) in [5.41, 5.74) is 3.07. The van der Waals surface area contributed by atoms with Crippen LogP contribution in [-0.2, 0) is 23.3 Å². The Hall–Kier alpha value is -2.11. The summed E-state index contributed by atoms with van der Waals surface area (Å²) in [6.07, 6.45) is 7.70. The number of nitrogens with one attached hydrogen (secondary N) is 1. The average molecular weight is 285 g/mol. The largest absolute Gasteiger partial charge is 0.348 e. The standard InChI is InChI=1S/C15H19N5O/c1-11-3-7-19(18-11)9-13(21)20-8-4-12-14(17-10-16-12)15(20)5-2-6-15/h3,7,10H,2,4-6,8-9H2,1H3,(H,16,17). The van der Waals surface area contributed by atoms with E-state index >= 15 is 0 Å². The van der Waals surface area contributed by atoms with Crippen LogP contribution in [0.5, 0.6) is 0 Å². The Balaban J connectivity index is 1.61. The highest BCUT2D eigenvalue weighted by molar-refractivity contribution is 5.77. The van der Waals surface area contributed by atoms with E-state index in [1.54, 1.807) is 11.0 Å². The second-order valence-corrected chi connectivity index (χ2v) is 6.06. The number of imidazole rings is 1. The number of fused-ring (bicyclic) bond motifs is 2. The quantitative estimate of drug-likeness (QED) is 0.906. The summed E-state index contributed by atoms with van der Waals surface area (Å²) in [7, 11) is 0. The third kappa shape index (κ3) is 1.81. The fraction of sp³-hybridized carbons (Fsp3) is 0.533. The van der Waals surface area contributed by atoms with E-state index in [1.165, 1.54) is 5.69 Å². The van der Waals surface area contributed by atoms with E-state index in [0.717, 1.165) is 43.6 Å². The molecule has 21 heavy (non-hydrogen) atoms. The Morgan fingerprint density at radius 2 is 2.33 bits per heavy atom. The third-order valence-corrected chi connectivity index (χ3v) is 4.81. The summed E-state index contributed by atoms with van der Waals surface area (Å²) in [4.78, 5) is 22.5. The molecule has 1 aliphatic heterocycles. The maximum absolute atomic E-state index is 12.7. The first-order valence-corrected chi connectivity index (χ1v) is 7.52. The van der Waals surface area contributed by atoms with Crippen LogP contribution in [-0.4, -0.2) is 37.1 Å². The molecule has 0 bridgehead atoms. The third-order valence-electron chi connectivity index (χ3n) is 4.81. The Morgan fingerprint density at radius 1 is 1.48 bits per heavy atom.